The van der Waals surface area contributed by atoms with Crippen molar-refractivity contribution in [2.24, 2.45) is 0 Å². The Morgan fingerprint density at radius 2 is 0.981 bits per heavy atom. The van der Waals surface area contributed by atoms with Crippen LogP contribution in [0.4, 0.5) is 0 Å². The first kappa shape index (κ1) is 30.3. The van der Waals surface area contributed by atoms with Gasteiger partial charge in [-0.15, -0.1) is 0 Å². The first-order valence-electron chi connectivity index (χ1n) is 18.2. The van der Waals surface area contributed by atoms with Crippen molar-refractivity contribution >= 4 is 54.6 Å². The average Bonchev–Trinajstić information content (AvgIpc) is 3.82. The van der Waals surface area contributed by atoms with E-state index >= 15 is 0 Å². The quantitative estimate of drug-likeness (QED) is 0.169. The van der Waals surface area contributed by atoms with Crippen LogP contribution in [0, 0.1) is 0 Å². The third-order valence-electron chi connectivity index (χ3n) is 10.6. The van der Waals surface area contributed by atoms with Gasteiger partial charge in [-0.25, -0.2) is 9.97 Å². The van der Waals surface area contributed by atoms with Crippen molar-refractivity contribution in [2.75, 3.05) is 0 Å². The molecule has 0 bridgehead atoms. The van der Waals surface area contributed by atoms with Crippen molar-refractivity contribution in [3.63, 3.8) is 0 Å². The maximum atomic E-state index is 6.59. The Bertz CT molecular complexity index is 3180. The number of hydrogen-bond donors (Lipinski definition) is 0. The number of benzene rings is 8. The van der Waals surface area contributed by atoms with E-state index < -0.39 is 0 Å². The number of fused-ring (bicyclic) bond motifs is 7. The molecule has 0 aliphatic heterocycles. The van der Waals surface area contributed by atoms with Crippen LogP contribution in [0.1, 0.15) is 0 Å². The molecule has 0 saturated carbocycles. The molecular weight excluding hydrogens is 659 g/mol. The van der Waals surface area contributed by atoms with E-state index in [1.54, 1.807) is 0 Å². The molecule has 3 aromatic heterocycles. The van der Waals surface area contributed by atoms with E-state index in [0.29, 0.717) is 0 Å². The number of aromatic nitrogens is 3. The fourth-order valence-corrected chi connectivity index (χ4v) is 8.12. The van der Waals surface area contributed by atoms with Crippen LogP contribution in [0.3, 0.4) is 0 Å². The first-order valence-corrected chi connectivity index (χ1v) is 18.2. The van der Waals surface area contributed by atoms with E-state index in [2.05, 4.69) is 168 Å². The van der Waals surface area contributed by atoms with Gasteiger partial charge >= 0.3 is 0 Å². The molecule has 0 unspecified atom stereocenters. The highest BCUT2D eigenvalue weighted by Gasteiger charge is 2.22. The smallest absolute Gasteiger partial charge is 0.145 e. The zero-order valence-electron chi connectivity index (χ0n) is 29.1. The Hall–Kier alpha value is -7.30. The summed E-state index contributed by atoms with van der Waals surface area (Å²) in [5.41, 5.74) is 13.5. The number of para-hydroxylation sites is 5. The number of rotatable bonds is 5. The molecule has 0 N–H and O–H groups in total. The van der Waals surface area contributed by atoms with Gasteiger partial charge in [0, 0.05) is 49.3 Å². The summed E-state index contributed by atoms with van der Waals surface area (Å²) in [7, 11) is 0. The minimum atomic E-state index is 0.856. The van der Waals surface area contributed by atoms with Crippen molar-refractivity contribution in [2.45, 2.75) is 0 Å². The molecule has 8 aromatic carbocycles. The molecule has 0 saturated heterocycles. The summed E-state index contributed by atoms with van der Waals surface area (Å²) >= 11 is 0. The summed E-state index contributed by atoms with van der Waals surface area (Å²) in [6.07, 6.45) is 0. The Morgan fingerprint density at radius 3 is 1.74 bits per heavy atom. The number of nitrogens with zero attached hydrogens (tertiary/aromatic N) is 3. The van der Waals surface area contributed by atoms with Gasteiger partial charge in [-0.1, -0.05) is 146 Å². The summed E-state index contributed by atoms with van der Waals surface area (Å²) < 4.78 is 8.83. The van der Waals surface area contributed by atoms with Gasteiger partial charge in [0.05, 0.1) is 22.2 Å². The highest BCUT2D eigenvalue weighted by Crippen LogP contribution is 2.46. The molecule has 252 valence electrons. The highest BCUT2D eigenvalue weighted by molar-refractivity contribution is 6.27. The minimum absolute atomic E-state index is 0.856. The monoisotopic (exact) mass is 689 g/mol. The van der Waals surface area contributed by atoms with E-state index in [9.17, 15) is 0 Å². The van der Waals surface area contributed by atoms with Gasteiger partial charge in [0.2, 0.25) is 0 Å². The Balaban J connectivity index is 1.08. The van der Waals surface area contributed by atoms with Crippen LogP contribution in [-0.4, -0.2) is 14.5 Å². The van der Waals surface area contributed by atoms with Crippen LogP contribution in [0.2, 0.25) is 0 Å². The first-order chi connectivity index (χ1) is 26.8. The molecule has 11 rings (SSSR count). The predicted octanol–water partition coefficient (Wildman–Crippen LogP) is 13.3. The van der Waals surface area contributed by atoms with Gasteiger partial charge in [-0.05, 0) is 59.2 Å². The van der Waals surface area contributed by atoms with Crippen LogP contribution in [0.15, 0.2) is 192 Å². The molecule has 0 fully saturated rings. The van der Waals surface area contributed by atoms with Gasteiger partial charge in [0.1, 0.15) is 17.0 Å². The van der Waals surface area contributed by atoms with Crippen molar-refractivity contribution in [3.05, 3.63) is 188 Å². The fourth-order valence-electron chi connectivity index (χ4n) is 8.12. The van der Waals surface area contributed by atoms with Crippen LogP contribution in [-0.2, 0) is 0 Å². The summed E-state index contributed by atoms with van der Waals surface area (Å²) in [6, 6.07) is 66.0. The van der Waals surface area contributed by atoms with Crippen molar-refractivity contribution in [1.82, 2.24) is 14.5 Å². The van der Waals surface area contributed by atoms with E-state index in [-0.39, 0.29) is 0 Å². The molecular formula is C50H31N3O. The molecule has 3 heterocycles. The topological polar surface area (TPSA) is 43.9 Å². The van der Waals surface area contributed by atoms with Gasteiger partial charge in [-0.2, -0.15) is 0 Å². The van der Waals surface area contributed by atoms with E-state index in [4.69, 9.17) is 14.4 Å². The highest BCUT2D eigenvalue weighted by atomic mass is 16.3. The van der Waals surface area contributed by atoms with Gasteiger partial charge in [-0.3, -0.25) is 4.57 Å². The fraction of sp³-hybridized carbons (Fsp3) is 0. The number of hydrogen-bond acceptors (Lipinski definition) is 3. The average molecular weight is 690 g/mol. The summed E-state index contributed by atoms with van der Waals surface area (Å²) in [4.78, 5) is 10.3. The normalized spacial score (nSPS) is 11.7. The lowest BCUT2D eigenvalue weighted by Gasteiger charge is -2.16. The third kappa shape index (κ3) is 4.78. The van der Waals surface area contributed by atoms with Gasteiger partial charge < -0.3 is 4.42 Å². The lowest BCUT2D eigenvalue weighted by atomic mass is 9.89. The van der Waals surface area contributed by atoms with E-state index in [0.717, 1.165) is 99.8 Å². The Morgan fingerprint density at radius 1 is 0.389 bits per heavy atom. The molecule has 4 nitrogen and oxygen atoms in total. The van der Waals surface area contributed by atoms with Crippen molar-refractivity contribution < 1.29 is 4.42 Å². The van der Waals surface area contributed by atoms with Gasteiger partial charge in [0.15, 0.2) is 0 Å². The number of pyridine rings is 1. The molecule has 0 radical (unpaired) electrons. The predicted molar refractivity (Wildman–Crippen MR) is 223 cm³/mol. The number of imidazole rings is 1. The van der Waals surface area contributed by atoms with Crippen molar-refractivity contribution in [1.29, 1.82) is 0 Å². The van der Waals surface area contributed by atoms with Crippen LogP contribution < -0.4 is 0 Å². The standard InChI is InChI=1S/C50H31N3O/c1-3-13-35(14-4-1)49-40-31-45-48(39-18-8-12-22-44(39)54-45)46(47(40)38-17-7-9-19-41(38)51-49)34-27-23-32(24-28-34)33-25-29-36(30-26-33)50-52-42-20-10-11-21-43(42)53(50)37-15-5-2-6-16-37/h1-31H. The maximum absolute atomic E-state index is 6.59. The second kappa shape index (κ2) is 12.1. The minimum Gasteiger partial charge on any atom is -0.456 e. The molecule has 0 amide bonds. The molecule has 0 aliphatic carbocycles. The van der Waals surface area contributed by atoms with Crippen molar-refractivity contribution in [3.8, 4) is 50.6 Å². The van der Waals surface area contributed by atoms with E-state index in [1.807, 2.05) is 24.3 Å². The largest absolute Gasteiger partial charge is 0.456 e. The van der Waals surface area contributed by atoms with Gasteiger partial charge in [0.25, 0.3) is 0 Å². The molecule has 11 aromatic rings. The Labute approximate surface area is 311 Å². The second-order valence-electron chi connectivity index (χ2n) is 13.7. The molecule has 0 aliphatic rings. The zero-order chi connectivity index (χ0) is 35.6. The Kier molecular flexibility index (Phi) is 6.82. The lowest BCUT2D eigenvalue weighted by Crippen LogP contribution is -1.97. The maximum Gasteiger partial charge on any atom is 0.145 e. The lowest BCUT2D eigenvalue weighted by molar-refractivity contribution is 0.669. The molecule has 0 atom stereocenters. The SMILES string of the molecule is c1ccc(-c2nc3ccccc3c3c(-c4ccc(-c5ccc(-c6nc7ccccc7n6-c6ccccc6)cc5)cc4)c4c(cc23)oc2ccccc24)cc1. The van der Waals surface area contributed by atoms with E-state index in [1.165, 1.54) is 5.39 Å². The number of furan rings is 1. The second-order valence-corrected chi connectivity index (χ2v) is 13.7. The summed E-state index contributed by atoms with van der Waals surface area (Å²) in [5.74, 6) is 0.924. The molecule has 54 heavy (non-hydrogen) atoms. The third-order valence-corrected chi connectivity index (χ3v) is 10.6. The molecule has 4 heteroatoms. The van der Waals surface area contributed by atoms with Crippen LogP contribution >= 0.6 is 0 Å². The van der Waals surface area contributed by atoms with Crippen LogP contribution in [0.25, 0.3) is 105 Å². The molecule has 0 spiro atoms. The zero-order valence-corrected chi connectivity index (χ0v) is 29.1. The summed E-state index contributed by atoms with van der Waals surface area (Å²) in [6.45, 7) is 0. The summed E-state index contributed by atoms with van der Waals surface area (Å²) in [5, 5.41) is 5.59. The van der Waals surface area contributed by atoms with Crippen LogP contribution in [0.5, 0.6) is 0 Å².